The molecule has 0 spiro atoms. The number of hydrogen-bond acceptors (Lipinski definition) is 3. The predicted octanol–water partition coefficient (Wildman–Crippen LogP) is 1.72. The van der Waals surface area contributed by atoms with Crippen molar-refractivity contribution in [1.82, 2.24) is 15.3 Å². The van der Waals surface area contributed by atoms with Gasteiger partial charge in [0.05, 0.1) is 0 Å². The molecule has 1 aromatic rings. The Bertz CT molecular complexity index is 273. The smallest absolute Gasteiger partial charge is 0.130 e. The van der Waals surface area contributed by atoms with E-state index in [-0.39, 0.29) is 0 Å². The Morgan fingerprint density at radius 2 is 2.21 bits per heavy atom. The van der Waals surface area contributed by atoms with E-state index in [0.717, 1.165) is 30.9 Å². The van der Waals surface area contributed by atoms with Crippen LogP contribution in [0.1, 0.15) is 31.8 Å². The SMILES string of the molecule is CCNC(CC)Cc1nccc(C)n1. The van der Waals surface area contributed by atoms with Gasteiger partial charge in [0.2, 0.25) is 0 Å². The van der Waals surface area contributed by atoms with Crippen molar-refractivity contribution in [2.45, 2.75) is 39.7 Å². The lowest BCUT2D eigenvalue weighted by molar-refractivity contribution is 0.499. The van der Waals surface area contributed by atoms with Gasteiger partial charge in [0.25, 0.3) is 0 Å². The second kappa shape index (κ2) is 5.70. The van der Waals surface area contributed by atoms with Gasteiger partial charge in [-0.1, -0.05) is 13.8 Å². The molecule has 1 N–H and O–H groups in total. The number of hydrogen-bond donors (Lipinski definition) is 1. The maximum Gasteiger partial charge on any atom is 0.130 e. The van der Waals surface area contributed by atoms with Gasteiger partial charge < -0.3 is 5.32 Å². The van der Waals surface area contributed by atoms with Crippen molar-refractivity contribution in [3.8, 4) is 0 Å². The third-order valence-corrected chi connectivity index (χ3v) is 2.26. The molecule has 0 amide bonds. The summed E-state index contributed by atoms with van der Waals surface area (Å²) in [6.45, 7) is 7.31. The standard InChI is InChI=1S/C11H19N3/c1-4-10(12-5-2)8-11-13-7-6-9(3)14-11/h6-7,10,12H,4-5,8H2,1-3H3. The number of aryl methyl sites for hydroxylation is 1. The molecule has 1 heterocycles. The monoisotopic (exact) mass is 193 g/mol. The zero-order valence-corrected chi connectivity index (χ0v) is 9.25. The first kappa shape index (κ1) is 11.1. The van der Waals surface area contributed by atoms with E-state index in [0.29, 0.717) is 6.04 Å². The van der Waals surface area contributed by atoms with Crippen molar-refractivity contribution >= 4 is 0 Å². The molecule has 1 unspecified atom stereocenters. The third-order valence-electron chi connectivity index (χ3n) is 2.26. The summed E-state index contributed by atoms with van der Waals surface area (Å²) in [5.74, 6) is 0.942. The van der Waals surface area contributed by atoms with Gasteiger partial charge in [-0.2, -0.15) is 0 Å². The maximum absolute atomic E-state index is 4.39. The van der Waals surface area contributed by atoms with Gasteiger partial charge in [-0.15, -0.1) is 0 Å². The van der Waals surface area contributed by atoms with Gasteiger partial charge in [-0.25, -0.2) is 9.97 Å². The fourth-order valence-electron chi connectivity index (χ4n) is 1.47. The van der Waals surface area contributed by atoms with E-state index in [1.165, 1.54) is 0 Å². The molecule has 0 saturated heterocycles. The molecular formula is C11H19N3. The first-order chi connectivity index (χ1) is 6.76. The molecule has 0 aliphatic carbocycles. The Labute approximate surface area is 86.0 Å². The summed E-state index contributed by atoms with van der Waals surface area (Å²) in [5, 5.41) is 3.42. The summed E-state index contributed by atoms with van der Waals surface area (Å²) in [5.41, 5.74) is 1.04. The Hall–Kier alpha value is -0.960. The van der Waals surface area contributed by atoms with Crippen LogP contribution < -0.4 is 5.32 Å². The summed E-state index contributed by atoms with van der Waals surface area (Å²) in [7, 11) is 0. The van der Waals surface area contributed by atoms with Crippen molar-refractivity contribution in [1.29, 1.82) is 0 Å². The molecule has 1 atom stereocenters. The molecule has 0 saturated carbocycles. The van der Waals surface area contributed by atoms with E-state index in [1.807, 2.05) is 19.2 Å². The highest BCUT2D eigenvalue weighted by Crippen LogP contribution is 2.01. The van der Waals surface area contributed by atoms with Crippen LogP contribution in [-0.4, -0.2) is 22.6 Å². The Morgan fingerprint density at radius 1 is 1.43 bits per heavy atom. The number of nitrogens with zero attached hydrogens (tertiary/aromatic N) is 2. The van der Waals surface area contributed by atoms with E-state index in [9.17, 15) is 0 Å². The lowest BCUT2D eigenvalue weighted by Crippen LogP contribution is -2.30. The van der Waals surface area contributed by atoms with Crippen LogP contribution in [-0.2, 0) is 6.42 Å². The number of likely N-dealkylation sites (N-methyl/N-ethyl adjacent to an activating group) is 1. The van der Waals surface area contributed by atoms with Gasteiger partial charge in [0.15, 0.2) is 0 Å². The van der Waals surface area contributed by atoms with Crippen LogP contribution in [0.3, 0.4) is 0 Å². The summed E-state index contributed by atoms with van der Waals surface area (Å²) < 4.78 is 0. The number of aromatic nitrogens is 2. The quantitative estimate of drug-likeness (QED) is 0.773. The van der Waals surface area contributed by atoms with Gasteiger partial charge in [0, 0.05) is 24.4 Å². The zero-order chi connectivity index (χ0) is 10.4. The summed E-state index contributed by atoms with van der Waals surface area (Å²) in [6.07, 6.45) is 3.87. The molecule has 14 heavy (non-hydrogen) atoms. The molecular weight excluding hydrogens is 174 g/mol. The van der Waals surface area contributed by atoms with Crippen molar-refractivity contribution in [3.05, 3.63) is 23.8 Å². The number of nitrogens with one attached hydrogen (secondary N) is 1. The average molecular weight is 193 g/mol. The molecule has 0 bridgehead atoms. The van der Waals surface area contributed by atoms with Gasteiger partial charge in [-0.05, 0) is 26.0 Å². The highest BCUT2D eigenvalue weighted by Gasteiger charge is 2.07. The lowest BCUT2D eigenvalue weighted by atomic mass is 10.1. The molecule has 3 nitrogen and oxygen atoms in total. The van der Waals surface area contributed by atoms with E-state index in [4.69, 9.17) is 0 Å². The summed E-state index contributed by atoms with van der Waals surface area (Å²) in [6, 6.07) is 2.43. The van der Waals surface area contributed by atoms with Crippen molar-refractivity contribution in [3.63, 3.8) is 0 Å². The average Bonchev–Trinajstić information content (AvgIpc) is 2.17. The molecule has 1 aromatic heterocycles. The van der Waals surface area contributed by atoms with Crippen LogP contribution in [0.2, 0.25) is 0 Å². The fourth-order valence-corrected chi connectivity index (χ4v) is 1.47. The summed E-state index contributed by atoms with van der Waals surface area (Å²) >= 11 is 0. The topological polar surface area (TPSA) is 37.8 Å². The summed E-state index contributed by atoms with van der Waals surface area (Å²) in [4.78, 5) is 8.65. The fraction of sp³-hybridized carbons (Fsp3) is 0.636. The Kier molecular flexibility index (Phi) is 4.53. The molecule has 0 radical (unpaired) electrons. The Morgan fingerprint density at radius 3 is 2.79 bits per heavy atom. The van der Waals surface area contributed by atoms with E-state index in [1.54, 1.807) is 0 Å². The van der Waals surface area contributed by atoms with Gasteiger partial charge >= 0.3 is 0 Å². The molecule has 0 aliphatic rings. The van der Waals surface area contributed by atoms with Gasteiger partial charge in [0.1, 0.15) is 5.82 Å². The van der Waals surface area contributed by atoms with Crippen LogP contribution in [0.25, 0.3) is 0 Å². The van der Waals surface area contributed by atoms with E-state index in [2.05, 4.69) is 29.1 Å². The first-order valence-corrected chi connectivity index (χ1v) is 5.28. The van der Waals surface area contributed by atoms with Crippen LogP contribution in [0.4, 0.5) is 0 Å². The highest BCUT2D eigenvalue weighted by molar-refractivity contribution is 5.00. The number of rotatable bonds is 5. The third kappa shape index (κ3) is 3.42. The van der Waals surface area contributed by atoms with Crippen LogP contribution in [0.5, 0.6) is 0 Å². The lowest BCUT2D eigenvalue weighted by Gasteiger charge is -2.14. The normalized spacial score (nSPS) is 12.8. The van der Waals surface area contributed by atoms with Crippen LogP contribution >= 0.6 is 0 Å². The molecule has 1 rings (SSSR count). The van der Waals surface area contributed by atoms with Crippen LogP contribution in [0.15, 0.2) is 12.3 Å². The molecule has 0 fully saturated rings. The molecule has 0 aromatic carbocycles. The van der Waals surface area contributed by atoms with Crippen molar-refractivity contribution < 1.29 is 0 Å². The zero-order valence-electron chi connectivity index (χ0n) is 9.25. The minimum Gasteiger partial charge on any atom is -0.314 e. The Balaban J connectivity index is 2.57. The minimum absolute atomic E-state index is 0.502. The van der Waals surface area contributed by atoms with Crippen molar-refractivity contribution in [2.24, 2.45) is 0 Å². The van der Waals surface area contributed by atoms with E-state index < -0.39 is 0 Å². The van der Waals surface area contributed by atoms with Gasteiger partial charge in [-0.3, -0.25) is 0 Å². The van der Waals surface area contributed by atoms with Crippen LogP contribution in [0, 0.1) is 6.92 Å². The minimum atomic E-state index is 0.502. The second-order valence-corrected chi connectivity index (χ2v) is 3.48. The maximum atomic E-state index is 4.39. The molecule has 78 valence electrons. The predicted molar refractivity (Wildman–Crippen MR) is 58.2 cm³/mol. The molecule has 3 heteroatoms. The van der Waals surface area contributed by atoms with E-state index >= 15 is 0 Å². The highest BCUT2D eigenvalue weighted by atomic mass is 14.9. The first-order valence-electron chi connectivity index (χ1n) is 5.28. The molecule has 0 aliphatic heterocycles. The van der Waals surface area contributed by atoms with Crippen molar-refractivity contribution in [2.75, 3.05) is 6.54 Å². The largest absolute Gasteiger partial charge is 0.314 e. The second-order valence-electron chi connectivity index (χ2n) is 3.48.